The van der Waals surface area contributed by atoms with Gasteiger partial charge in [-0.3, -0.25) is 9.36 Å². The van der Waals surface area contributed by atoms with Gasteiger partial charge in [0.05, 0.1) is 28.5 Å². The predicted octanol–water partition coefficient (Wildman–Crippen LogP) is 2.21. The number of carbonyl (C=O) groups is 1. The predicted molar refractivity (Wildman–Crippen MR) is 117 cm³/mol. The molecule has 2 aromatic carbocycles. The first-order valence-corrected chi connectivity index (χ1v) is 10.5. The zero-order valence-electron chi connectivity index (χ0n) is 16.9. The van der Waals surface area contributed by atoms with Gasteiger partial charge in [0.2, 0.25) is 0 Å². The second-order valence-electron chi connectivity index (χ2n) is 6.96. The number of carbonyl (C=O) groups excluding carboxylic acids is 1. The lowest BCUT2D eigenvalue weighted by Gasteiger charge is -2.24. The molecule has 2 heterocycles. The molecule has 31 heavy (non-hydrogen) atoms. The fourth-order valence-electron chi connectivity index (χ4n) is 3.52. The number of thiazole rings is 1. The number of phenolic OH excluding ortho intramolecular Hbond substituents is 2. The van der Waals surface area contributed by atoms with Crippen LogP contribution >= 0.6 is 11.3 Å². The topological polar surface area (TPSA) is 101 Å². The average Bonchev–Trinajstić information content (AvgIpc) is 3.05. The van der Waals surface area contributed by atoms with E-state index < -0.39 is 12.0 Å². The summed E-state index contributed by atoms with van der Waals surface area (Å²) in [5.41, 5.74) is 1.85. The number of aromatic hydroxyl groups is 2. The molecule has 4 rings (SSSR count). The van der Waals surface area contributed by atoms with E-state index in [1.807, 2.05) is 30.3 Å². The van der Waals surface area contributed by atoms with E-state index in [2.05, 4.69) is 4.99 Å². The molecule has 0 saturated carbocycles. The molecule has 158 valence electrons. The quantitative estimate of drug-likeness (QED) is 0.482. The Morgan fingerprint density at radius 3 is 2.61 bits per heavy atom. The van der Waals surface area contributed by atoms with Crippen LogP contribution in [-0.2, 0) is 9.53 Å². The molecule has 2 N–H and O–H groups in total. The Morgan fingerprint density at radius 1 is 1.19 bits per heavy atom. The molecule has 0 fully saturated rings. The smallest absolute Gasteiger partial charge is 0.338 e. The molecule has 8 heteroatoms. The largest absolute Gasteiger partial charge is 0.504 e. The summed E-state index contributed by atoms with van der Waals surface area (Å²) in [5.74, 6) is -1.02. The molecule has 7 nitrogen and oxygen atoms in total. The lowest BCUT2D eigenvalue weighted by Crippen LogP contribution is -2.39. The van der Waals surface area contributed by atoms with Crippen molar-refractivity contribution in [3.8, 4) is 11.5 Å². The number of benzene rings is 2. The molecule has 0 saturated heterocycles. The minimum atomic E-state index is -0.660. The van der Waals surface area contributed by atoms with Crippen LogP contribution in [0.25, 0.3) is 6.08 Å². The summed E-state index contributed by atoms with van der Waals surface area (Å²) in [7, 11) is 0. The van der Waals surface area contributed by atoms with Crippen molar-refractivity contribution >= 4 is 23.4 Å². The van der Waals surface area contributed by atoms with E-state index in [4.69, 9.17) is 4.74 Å². The van der Waals surface area contributed by atoms with Crippen LogP contribution in [0.3, 0.4) is 0 Å². The Morgan fingerprint density at radius 2 is 1.94 bits per heavy atom. The van der Waals surface area contributed by atoms with Crippen LogP contribution in [-0.4, -0.2) is 27.4 Å². The van der Waals surface area contributed by atoms with Crippen LogP contribution < -0.4 is 14.9 Å². The number of phenols is 2. The summed E-state index contributed by atoms with van der Waals surface area (Å²) in [6.45, 7) is 3.68. The van der Waals surface area contributed by atoms with Gasteiger partial charge in [0, 0.05) is 0 Å². The zero-order valence-corrected chi connectivity index (χ0v) is 17.7. The lowest BCUT2D eigenvalue weighted by atomic mass is 9.96. The molecular weight excluding hydrogens is 416 g/mol. The first kappa shape index (κ1) is 20.6. The highest BCUT2D eigenvalue weighted by Gasteiger charge is 2.33. The van der Waals surface area contributed by atoms with Gasteiger partial charge in [-0.2, -0.15) is 0 Å². The Balaban J connectivity index is 1.95. The number of hydrogen-bond donors (Lipinski definition) is 2. The summed E-state index contributed by atoms with van der Waals surface area (Å²) in [5, 5.41) is 19.3. The van der Waals surface area contributed by atoms with Gasteiger partial charge < -0.3 is 14.9 Å². The van der Waals surface area contributed by atoms with Gasteiger partial charge in [-0.25, -0.2) is 9.79 Å². The summed E-state index contributed by atoms with van der Waals surface area (Å²) in [6, 6.07) is 12.9. The van der Waals surface area contributed by atoms with E-state index in [9.17, 15) is 19.8 Å². The first-order chi connectivity index (χ1) is 14.9. The van der Waals surface area contributed by atoms with Crippen LogP contribution in [0, 0.1) is 0 Å². The molecule has 0 amide bonds. The highest BCUT2D eigenvalue weighted by atomic mass is 32.1. The van der Waals surface area contributed by atoms with Crippen LogP contribution in [0.15, 0.2) is 69.6 Å². The number of ether oxygens (including phenoxy) is 1. The van der Waals surface area contributed by atoms with E-state index >= 15 is 0 Å². The number of esters is 1. The van der Waals surface area contributed by atoms with Crippen molar-refractivity contribution in [1.29, 1.82) is 0 Å². The third-order valence-electron chi connectivity index (χ3n) is 4.93. The summed E-state index contributed by atoms with van der Waals surface area (Å²) in [6.07, 6.45) is 1.62. The maximum atomic E-state index is 13.4. The molecule has 1 unspecified atom stereocenters. The maximum Gasteiger partial charge on any atom is 0.338 e. The van der Waals surface area contributed by atoms with E-state index in [0.717, 1.165) is 5.56 Å². The maximum absolute atomic E-state index is 13.4. The minimum absolute atomic E-state index is 0.214. The van der Waals surface area contributed by atoms with E-state index in [1.54, 1.807) is 26.0 Å². The van der Waals surface area contributed by atoms with E-state index in [1.165, 1.54) is 28.0 Å². The van der Waals surface area contributed by atoms with Gasteiger partial charge in [0.1, 0.15) is 0 Å². The van der Waals surface area contributed by atoms with Crippen LogP contribution in [0.2, 0.25) is 0 Å². The minimum Gasteiger partial charge on any atom is -0.504 e. The highest BCUT2D eigenvalue weighted by molar-refractivity contribution is 7.07. The number of aromatic nitrogens is 1. The summed E-state index contributed by atoms with van der Waals surface area (Å²) < 4.78 is 7.15. The van der Waals surface area contributed by atoms with Crippen molar-refractivity contribution in [3.05, 3.63) is 90.6 Å². The molecule has 1 aliphatic heterocycles. The van der Waals surface area contributed by atoms with Crippen LogP contribution in [0.1, 0.15) is 31.0 Å². The zero-order chi connectivity index (χ0) is 22.1. The molecule has 3 aromatic rings. The number of rotatable bonds is 4. The van der Waals surface area contributed by atoms with Crippen LogP contribution in [0.4, 0.5) is 0 Å². The van der Waals surface area contributed by atoms with Crippen molar-refractivity contribution in [2.45, 2.75) is 19.9 Å². The Kier molecular flexibility index (Phi) is 5.48. The number of allylic oxidation sites excluding steroid dienone is 1. The normalized spacial score (nSPS) is 16.1. The summed E-state index contributed by atoms with van der Waals surface area (Å²) >= 11 is 1.19. The standard InChI is InChI=1S/C23H20N2O5S/c1-3-30-22(29)19-13(2)24-23-25(20(19)15-7-5-4-6-8-15)21(28)18(31-23)12-14-9-10-16(26)17(27)11-14/h4-12,20,26-27H,3H2,1-2H3/b18-12-. The molecule has 0 radical (unpaired) electrons. The number of nitrogens with zero attached hydrogens (tertiary/aromatic N) is 2. The third-order valence-corrected chi connectivity index (χ3v) is 5.91. The Labute approximate surface area is 181 Å². The molecule has 0 bridgehead atoms. The van der Waals surface area contributed by atoms with Gasteiger partial charge in [-0.1, -0.05) is 47.7 Å². The fourth-order valence-corrected chi connectivity index (χ4v) is 4.57. The second kappa shape index (κ2) is 8.23. The Hall–Kier alpha value is -3.65. The molecule has 1 aromatic heterocycles. The number of fused-ring (bicyclic) bond motifs is 1. The SMILES string of the molecule is CCOC(=O)C1=C(C)N=c2s/c(=C\c3ccc(O)c(O)c3)c(=O)n2C1c1ccccc1. The van der Waals surface area contributed by atoms with Crippen molar-refractivity contribution in [2.75, 3.05) is 6.61 Å². The van der Waals surface area contributed by atoms with Gasteiger partial charge in [-0.15, -0.1) is 0 Å². The van der Waals surface area contributed by atoms with Crippen molar-refractivity contribution < 1.29 is 19.7 Å². The van der Waals surface area contributed by atoms with Crippen LogP contribution in [0.5, 0.6) is 11.5 Å². The van der Waals surface area contributed by atoms with Gasteiger partial charge in [0.15, 0.2) is 16.3 Å². The van der Waals surface area contributed by atoms with Crippen molar-refractivity contribution in [2.24, 2.45) is 4.99 Å². The monoisotopic (exact) mass is 436 g/mol. The summed E-state index contributed by atoms with van der Waals surface area (Å²) in [4.78, 5) is 31.1. The molecule has 1 atom stereocenters. The average molecular weight is 436 g/mol. The van der Waals surface area contributed by atoms with E-state index in [-0.39, 0.29) is 23.7 Å². The molecule has 0 spiro atoms. The molecule has 1 aliphatic rings. The van der Waals surface area contributed by atoms with Crippen molar-refractivity contribution in [3.63, 3.8) is 0 Å². The first-order valence-electron chi connectivity index (χ1n) is 9.67. The third kappa shape index (κ3) is 3.77. The lowest BCUT2D eigenvalue weighted by molar-refractivity contribution is -0.139. The molecular formula is C23H20N2O5S. The molecule has 0 aliphatic carbocycles. The highest BCUT2D eigenvalue weighted by Crippen LogP contribution is 2.30. The Bertz CT molecular complexity index is 1370. The number of hydrogen-bond acceptors (Lipinski definition) is 7. The second-order valence-corrected chi connectivity index (χ2v) is 7.97. The fraction of sp³-hybridized carbons (Fsp3) is 0.174. The van der Waals surface area contributed by atoms with E-state index in [0.29, 0.717) is 26.2 Å². The van der Waals surface area contributed by atoms with Gasteiger partial charge >= 0.3 is 5.97 Å². The van der Waals surface area contributed by atoms with Crippen molar-refractivity contribution in [1.82, 2.24) is 4.57 Å². The van der Waals surface area contributed by atoms with Gasteiger partial charge in [0.25, 0.3) is 5.56 Å². The van der Waals surface area contributed by atoms with Gasteiger partial charge in [-0.05, 0) is 43.2 Å².